The Hall–Kier alpha value is -2.31. The number of urea groups is 1. The Labute approximate surface area is 154 Å². The molecule has 8 heteroatoms. The van der Waals surface area contributed by atoms with Crippen LogP contribution in [-0.4, -0.2) is 25.0 Å². The highest BCUT2D eigenvalue weighted by atomic mass is 35.5. The molecule has 0 bridgehead atoms. The lowest BCUT2D eigenvalue weighted by Gasteiger charge is -2.09. The third-order valence-corrected chi connectivity index (χ3v) is 3.60. The van der Waals surface area contributed by atoms with E-state index in [2.05, 4.69) is 16.0 Å². The van der Waals surface area contributed by atoms with Crippen molar-refractivity contribution in [1.29, 1.82) is 0 Å². The van der Waals surface area contributed by atoms with Crippen LogP contribution < -0.4 is 16.0 Å². The van der Waals surface area contributed by atoms with Crippen molar-refractivity contribution in [2.75, 3.05) is 18.4 Å². The number of hydrogen-bond acceptors (Lipinski definition) is 2. The molecule has 2 aromatic carbocycles. The second kappa shape index (κ2) is 9.25. The van der Waals surface area contributed by atoms with Crippen LogP contribution in [0.3, 0.4) is 0 Å². The second-order valence-corrected chi connectivity index (χ2v) is 6.07. The Morgan fingerprint density at radius 1 is 0.960 bits per heavy atom. The number of rotatable bonds is 6. The molecule has 0 unspecified atom stereocenters. The molecular formula is C17H16Cl2FN3O2. The van der Waals surface area contributed by atoms with Crippen LogP contribution in [0.4, 0.5) is 14.9 Å². The van der Waals surface area contributed by atoms with Gasteiger partial charge in [0.05, 0.1) is 6.54 Å². The highest BCUT2D eigenvalue weighted by molar-refractivity contribution is 6.34. The average molecular weight is 384 g/mol. The second-order valence-electron chi connectivity index (χ2n) is 5.19. The van der Waals surface area contributed by atoms with Crippen LogP contribution in [0.1, 0.15) is 5.56 Å². The molecule has 0 aliphatic rings. The predicted octanol–water partition coefficient (Wildman–Crippen LogP) is 3.61. The first-order chi connectivity index (χ1) is 11.9. The zero-order valence-electron chi connectivity index (χ0n) is 13.1. The number of benzene rings is 2. The van der Waals surface area contributed by atoms with Gasteiger partial charge in [-0.25, -0.2) is 9.18 Å². The molecule has 3 amide bonds. The molecule has 0 saturated carbocycles. The first kappa shape index (κ1) is 19.0. The minimum atomic E-state index is -0.470. The van der Waals surface area contributed by atoms with Gasteiger partial charge in [-0.1, -0.05) is 23.2 Å². The molecule has 0 saturated heterocycles. The summed E-state index contributed by atoms with van der Waals surface area (Å²) >= 11 is 11.8. The summed E-state index contributed by atoms with van der Waals surface area (Å²) in [6.45, 7) is 0.161. The van der Waals surface area contributed by atoms with Crippen LogP contribution in [0.5, 0.6) is 0 Å². The van der Waals surface area contributed by atoms with Gasteiger partial charge in [0.1, 0.15) is 5.82 Å². The molecule has 25 heavy (non-hydrogen) atoms. The number of carbonyl (C=O) groups excluding carboxylic acids is 2. The van der Waals surface area contributed by atoms with Crippen LogP contribution in [0.25, 0.3) is 0 Å². The van der Waals surface area contributed by atoms with E-state index in [0.29, 0.717) is 28.7 Å². The standard InChI is InChI=1S/C17H16Cl2FN3O2/c18-12-7-11(8-13(19)9-12)5-6-21-17(25)22-10-16(24)23-15-3-1-14(20)2-4-15/h1-4,7-9H,5-6,10H2,(H,23,24)(H2,21,22,25). The minimum absolute atomic E-state index is 0.202. The van der Waals surface area contributed by atoms with E-state index in [1.54, 1.807) is 18.2 Å². The van der Waals surface area contributed by atoms with E-state index in [-0.39, 0.29) is 6.54 Å². The normalized spacial score (nSPS) is 10.2. The van der Waals surface area contributed by atoms with E-state index in [4.69, 9.17) is 23.2 Å². The molecule has 3 N–H and O–H groups in total. The highest BCUT2D eigenvalue weighted by Crippen LogP contribution is 2.19. The Morgan fingerprint density at radius 2 is 1.60 bits per heavy atom. The third kappa shape index (κ3) is 6.99. The van der Waals surface area contributed by atoms with Crippen LogP contribution >= 0.6 is 23.2 Å². The summed E-state index contributed by atoms with van der Waals surface area (Å²) in [5, 5.41) is 8.67. The van der Waals surface area contributed by atoms with E-state index >= 15 is 0 Å². The van der Waals surface area contributed by atoms with Crippen LogP contribution in [0.2, 0.25) is 10.0 Å². The number of halogens is 3. The molecule has 0 radical (unpaired) electrons. The maximum atomic E-state index is 12.8. The van der Waals surface area contributed by atoms with Gasteiger partial charge in [0, 0.05) is 22.3 Å². The molecule has 2 aromatic rings. The molecule has 0 aromatic heterocycles. The molecule has 2 rings (SSSR count). The minimum Gasteiger partial charge on any atom is -0.338 e. The Morgan fingerprint density at radius 3 is 2.24 bits per heavy atom. The largest absolute Gasteiger partial charge is 0.338 e. The molecule has 0 heterocycles. The number of nitrogens with one attached hydrogen (secondary N) is 3. The zero-order chi connectivity index (χ0) is 18.2. The SMILES string of the molecule is O=C(CNC(=O)NCCc1cc(Cl)cc(Cl)c1)Nc1ccc(F)cc1. The monoisotopic (exact) mass is 383 g/mol. The lowest BCUT2D eigenvalue weighted by molar-refractivity contribution is -0.115. The Kier molecular flexibility index (Phi) is 7.03. The van der Waals surface area contributed by atoms with E-state index < -0.39 is 17.8 Å². The summed E-state index contributed by atoms with van der Waals surface area (Å²) in [4.78, 5) is 23.4. The Bertz CT molecular complexity index is 734. The summed E-state index contributed by atoms with van der Waals surface area (Å²) < 4.78 is 12.8. The molecular weight excluding hydrogens is 368 g/mol. The van der Waals surface area contributed by atoms with Gasteiger partial charge in [0.2, 0.25) is 5.91 Å². The van der Waals surface area contributed by atoms with Gasteiger partial charge in [-0.15, -0.1) is 0 Å². The Balaban J connectivity index is 1.68. The van der Waals surface area contributed by atoms with Gasteiger partial charge in [-0.3, -0.25) is 4.79 Å². The van der Waals surface area contributed by atoms with Crippen molar-refractivity contribution in [2.45, 2.75) is 6.42 Å². The van der Waals surface area contributed by atoms with Gasteiger partial charge in [0.15, 0.2) is 0 Å². The molecule has 0 spiro atoms. The van der Waals surface area contributed by atoms with Crippen molar-refractivity contribution in [1.82, 2.24) is 10.6 Å². The lowest BCUT2D eigenvalue weighted by atomic mass is 10.1. The maximum absolute atomic E-state index is 12.8. The van der Waals surface area contributed by atoms with Gasteiger partial charge in [-0.05, 0) is 54.4 Å². The van der Waals surface area contributed by atoms with Crippen LogP contribution in [-0.2, 0) is 11.2 Å². The number of hydrogen-bond donors (Lipinski definition) is 3. The summed E-state index contributed by atoms with van der Waals surface area (Å²) in [6.07, 6.45) is 0.551. The van der Waals surface area contributed by atoms with Crippen molar-refractivity contribution < 1.29 is 14.0 Å². The lowest BCUT2D eigenvalue weighted by Crippen LogP contribution is -2.40. The number of anilines is 1. The third-order valence-electron chi connectivity index (χ3n) is 3.16. The van der Waals surface area contributed by atoms with E-state index in [0.717, 1.165) is 5.56 Å². The fourth-order valence-corrected chi connectivity index (χ4v) is 2.61. The summed E-state index contributed by atoms with van der Waals surface area (Å²) in [5.74, 6) is -0.806. The van der Waals surface area contributed by atoms with E-state index in [1.165, 1.54) is 24.3 Å². The van der Waals surface area contributed by atoms with Gasteiger partial charge < -0.3 is 16.0 Å². The fourth-order valence-electron chi connectivity index (χ4n) is 2.04. The maximum Gasteiger partial charge on any atom is 0.315 e. The zero-order valence-corrected chi connectivity index (χ0v) is 14.6. The van der Waals surface area contributed by atoms with Crippen molar-refractivity contribution in [3.05, 3.63) is 63.9 Å². The van der Waals surface area contributed by atoms with Gasteiger partial charge in [0.25, 0.3) is 0 Å². The number of carbonyl (C=O) groups is 2. The van der Waals surface area contributed by atoms with E-state index in [9.17, 15) is 14.0 Å². The first-order valence-corrected chi connectivity index (χ1v) is 8.20. The molecule has 0 atom stereocenters. The highest BCUT2D eigenvalue weighted by Gasteiger charge is 2.06. The van der Waals surface area contributed by atoms with Gasteiger partial charge in [-0.2, -0.15) is 0 Å². The van der Waals surface area contributed by atoms with Crippen molar-refractivity contribution in [3.8, 4) is 0 Å². The first-order valence-electron chi connectivity index (χ1n) is 7.44. The van der Waals surface area contributed by atoms with Gasteiger partial charge >= 0.3 is 6.03 Å². The molecule has 5 nitrogen and oxygen atoms in total. The average Bonchev–Trinajstić information content (AvgIpc) is 2.54. The van der Waals surface area contributed by atoms with Crippen molar-refractivity contribution in [3.63, 3.8) is 0 Å². The van der Waals surface area contributed by atoms with Crippen LogP contribution in [0.15, 0.2) is 42.5 Å². The summed E-state index contributed by atoms with van der Waals surface area (Å²) in [6, 6.07) is 10.0. The quantitative estimate of drug-likeness (QED) is 0.712. The topological polar surface area (TPSA) is 70.2 Å². The smallest absolute Gasteiger partial charge is 0.315 e. The predicted molar refractivity (Wildman–Crippen MR) is 96.6 cm³/mol. The molecule has 0 fully saturated rings. The molecule has 0 aliphatic heterocycles. The molecule has 132 valence electrons. The molecule has 0 aliphatic carbocycles. The van der Waals surface area contributed by atoms with Crippen molar-refractivity contribution >= 4 is 40.8 Å². The number of amides is 3. The van der Waals surface area contributed by atoms with Crippen LogP contribution in [0, 0.1) is 5.82 Å². The summed E-state index contributed by atoms with van der Waals surface area (Å²) in [7, 11) is 0. The van der Waals surface area contributed by atoms with Crippen molar-refractivity contribution in [2.24, 2.45) is 0 Å². The summed E-state index contributed by atoms with van der Waals surface area (Å²) in [5.41, 5.74) is 1.35. The van der Waals surface area contributed by atoms with E-state index in [1.807, 2.05) is 0 Å². The fraction of sp³-hybridized carbons (Fsp3) is 0.176.